The molecule has 32 heavy (non-hydrogen) atoms. The average Bonchev–Trinajstić information content (AvgIpc) is 2.80. The molecule has 2 saturated carbocycles. The van der Waals surface area contributed by atoms with Crippen molar-refractivity contribution >= 4 is 23.6 Å². The van der Waals surface area contributed by atoms with Gasteiger partial charge in [0.15, 0.2) is 0 Å². The molecule has 4 rings (SSSR count). The van der Waals surface area contributed by atoms with E-state index in [0.29, 0.717) is 17.7 Å². The molecule has 1 aromatic carbocycles. The van der Waals surface area contributed by atoms with Crippen LogP contribution in [0.3, 0.4) is 0 Å². The van der Waals surface area contributed by atoms with Crippen molar-refractivity contribution < 1.29 is 14.3 Å². The lowest BCUT2D eigenvalue weighted by Gasteiger charge is -2.39. The molecule has 1 heterocycles. The van der Waals surface area contributed by atoms with Gasteiger partial charge in [-0.3, -0.25) is 14.9 Å². The molecule has 3 unspecified atom stereocenters. The van der Waals surface area contributed by atoms with Crippen molar-refractivity contribution in [3.05, 3.63) is 29.8 Å². The van der Waals surface area contributed by atoms with E-state index in [4.69, 9.17) is 10.00 Å². The van der Waals surface area contributed by atoms with Crippen LogP contribution in [0.25, 0.3) is 0 Å². The smallest absolute Gasteiger partial charge is 0.226 e. The molecule has 0 spiro atoms. The van der Waals surface area contributed by atoms with Crippen LogP contribution in [0.1, 0.15) is 63.4 Å². The van der Waals surface area contributed by atoms with Gasteiger partial charge in [0.25, 0.3) is 0 Å². The fourth-order valence-corrected chi connectivity index (χ4v) is 5.94. The Morgan fingerprint density at radius 2 is 2.00 bits per heavy atom. The van der Waals surface area contributed by atoms with Gasteiger partial charge in [0.05, 0.1) is 23.7 Å². The van der Waals surface area contributed by atoms with E-state index >= 15 is 0 Å². The van der Waals surface area contributed by atoms with Gasteiger partial charge >= 0.3 is 0 Å². The van der Waals surface area contributed by atoms with E-state index in [0.717, 1.165) is 50.7 Å². The van der Waals surface area contributed by atoms with E-state index in [-0.39, 0.29) is 41.4 Å². The minimum atomic E-state index is -0.0956. The number of nitrogens with zero attached hydrogens (tertiary/aromatic N) is 1. The summed E-state index contributed by atoms with van der Waals surface area (Å²) in [5, 5.41) is 18.8. The van der Waals surface area contributed by atoms with Gasteiger partial charge in [-0.05, 0) is 56.7 Å². The molecular formula is C24H32N4O3S. The van der Waals surface area contributed by atoms with Crippen molar-refractivity contribution in [1.82, 2.24) is 16.0 Å². The fourth-order valence-electron chi connectivity index (χ4n) is 4.93. The molecule has 0 bridgehead atoms. The molecule has 2 amide bonds. The maximum Gasteiger partial charge on any atom is 0.226 e. The topological polar surface area (TPSA) is 103 Å². The van der Waals surface area contributed by atoms with Gasteiger partial charge in [0.1, 0.15) is 11.2 Å². The SMILES string of the molecule is N#Cc1cccc(OC2CCC(NC(=O)CCSC3NC(=O)C4CCCCC4N3)CC2)c1. The first-order valence-corrected chi connectivity index (χ1v) is 12.8. The third-order valence-corrected chi connectivity index (χ3v) is 7.69. The van der Waals surface area contributed by atoms with E-state index in [9.17, 15) is 9.59 Å². The number of fused-ring (bicyclic) bond motifs is 1. The van der Waals surface area contributed by atoms with Gasteiger partial charge in [-0.25, -0.2) is 0 Å². The van der Waals surface area contributed by atoms with E-state index in [1.165, 1.54) is 6.42 Å². The summed E-state index contributed by atoms with van der Waals surface area (Å²) in [5.41, 5.74) is 0.504. The second-order valence-electron chi connectivity index (χ2n) is 8.97. The third kappa shape index (κ3) is 6.17. The molecule has 7 nitrogen and oxygen atoms in total. The largest absolute Gasteiger partial charge is 0.490 e. The number of nitrogens with one attached hydrogen (secondary N) is 3. The highest BCUT2D eigenvalue weighted by molar-refractivity contribution is 7.99. The first kappa shape index (κ1) is 22.9. The second-order valence-corrected chi connectivity index (χ2v) is 10.2. The zero-order chi connectivity index (χ0) is 22.3. The lowest BCUT2D eigenvalue weighted by Crippen LogP contribution is -2.60. The zero-order valence-electron chi connectivity index (χ0n) is 18.3. The van der Waals surface area contributed by atoms with E-state index in [1.807, 2.05) is 12.1 Å². The Balaban J connectivity index is 1.12. The van der Waals surface area contributed by atoms with Gasteiger partial charge in [0.2, 0.25) is 11.8 Å². The van der Waals surface area contributed by atoms with Crippen LogP contribution in [0.5, 0.6) is 5.75 Å². The van der Waals surface area contributed by atoms with E-state index < -0.39 is 0 Å². The number of hydrogen-bond acceptors (Lipinski definition) is 6. The van der Waals surface area contributed by atoms with Crippen molar-refractivity contribution in [3.63, 3.8) is 0 Å². The Bertz CT molecular complexity index is 850. The summed E-state index contributed by atoms with van der Waals surface area (Å²) in [7, 11) is 0. The summed E-state index contributed by atoms with van der Waals surface area (Å²) in [6.45, 7) is 0. The van der Waals surface area contributed by atoms with Crippen LogP contribution in [0.2, 0.25) is 0 Å². The molecule has 3 aliphatic rings. The van der Waals surface area contributed by atoms with Crippen molar-refractivity contribution in [2.24, 2.45) is 5.92 Å². The van der Waals surface area contributed by atoms with Crippen molar-refractivity contribution in [2.75, 3.05) is 5.75 Å². The summed E-state index contributed by atoms with van der Waals surface area (Å²) < 4.78 is 6.02. The molecule has 172 valence electrons. The Kier molecular flexibility index (Phi) is 7.93. The molecule has 3 atom stereocenters. The van der Waals surface area contributed by atoms with Crippen molar-refractivity contribution in [2.45, 2.75) is 81.5 Å². The van der Waals surface area contributed by atoms with Crippen LogP contribution in [0, 0.1) is 17.2 Å². The highest BCUT2D eigenvalue weighted by Crippen LogP contribution is 2.29. The predicted molar refractivity (Wildman–Crippen MR) is 124 cm³/mol. The molecule has 0 aromatic heterocycles. The Hall–Kier alpha value is -2.24. The Labute approximate surface area is 194 Å². The van der Waals surface area contributed by atoms with Crippen molar-refractivity contribution in [1.29, 1.82) is 5.26 Å². The fraction of sp³-hybridized carbons (Fsp3) is 0.625. The first-order chi connectivity index (χ1) is 15.6. The van der Waals surface area contributed by atoms with Gasteiger partial charge in [0, 0.05) is 24.3 Å². The average molecular weight is 457 g/mol. The maximum atomic E-state index is 12.4. The quantitative estimate of drug-likeness (QED) is 0.583. The van der Waals surface area contributed by atoms with Crippen LogP contribution in [-0.4, -0.2) is 41.3 Å². The zero-order valence-corrected chi connectivity index (χ0v) is 19.2. The lowest BCUT2D eigenvalue weighted by molar-refractivity contribution is -0.129. The van der Waals surface area contributed by atoms with Gasteiger partial charge < -0.3 is 15.4 Å². The number of rotatable bonds is 7. The second kappa shape index (κ2) is 11.1. The number of hydrogen-bond donors (Lipinski definition) is 3. The Morgan fingerprint density at radius 1 is 1.19 bits per heavy atom. The van der Waals surface area contributed by atoms with E-state index in [2.05, 4.69) is 22.0 Å². The van der Waals surface area contributed by atoms with Crippen LogP contribution in [-0.2, 0) is 9.59 Å². The van der Waals surface area contributed by atoms with Crippen LogP contribution >= 0.6 is 11.8 Å². The minimum absolute atomic E-state index is 0.0706. The molecule has 3 N–H and O–H groups in total. The molecule has 1 aliphatic heterocycles. The molecular weight excluding hydrogens is 424 g/mol. The maximum absolute atomic E-state index is 12.4. The summed E-state index contributed by atoms with van der Waals surface area (Å²) in [6, 6.07) is 9.85. The number of carbonyl (C=O) groups is 2. The highest BCUT2D eigenvalue weighted by Gasteiger charge is 2.37. The van der Waals surface area contributed by atoms with Crippen LogP contribution < -0.4 is 20.7 Å². The predicted octanol–water partition coefficient (Wildman–Crippen LogP) is 3.05. The van der Waals surface area contributed by atoms with Crippen LogP contribution in [0.15, 0.2) is 24.3 Å². The minimum Gasteiger partial charge on any atom is -0.490 e. The number of amides is 2. The molecule has 3 fully saturated rings. The van der Waals surface area contributed by atoms with Crippen molar-refractivity contribution in [3.8, 4) is 11.8 Å². The number of carbonyl (C=O) groups excluding carboxylic acids is 2. The normalized spacial score (nSPS) is 29.8. The van der Waals surface area contributed by atoms with Gasteiger partial charge in [-0.1, -0.05) is 18.9 Å². The summed E-state index contributed by atoms with van der Waals surface area (Å²) in [6.07, 6.45) is 8.48. The molecule has 2 aliphatic carbocycles. The molecule has 1 aromatic rings. The van der Waals surface area contributed by atoms with Crippen LogP contribution in [0.4, 0.5) is 0 Å². The number of nitriles is 1. The number of benzene rings is 1. The third-order valence-electron chi connectivity index (χ3n) is 6.66. The summed E-state index contributed by atoms with van der Waals surface area (Å²) in [4.78, 5) is 24.7. The highest BCUT2D eigenvalue weighted by atomic mass is 32.2. The molecule has 1 saturated heterocycles. The lowest BCUT2D eigenvalue weighted by atomic mass is 9.83. The Morgan fingerprint density at radius 3 is 2.81 bits per heavy atom. The van der Waals surface area contributed by atoms with Gasteiger partial charge in [-0.15, -0.1) is 11.8 Å². The molecule has 8 heteroatoms. The standard InChI is InChI=1S/C24H32N4O3S/c25-15-16-4-3-5-19(14-16)31-18-10-8-17(9-11-18)26-22(29)12-13-32-24-27-21-7-2-1-6-20(21)23(30)28-24/h3-5,14,17-18,20-21,24,27H,1-2,6-13H2,(H,26,29)(H,28,30). The summed E-state index contributed by atoms with van der Waals surface area (Å²) in [5.74, 6) is 1.75. The first-order valence-electron chi connectivity index (χ1n) is 11.7. The number of ether oxygens (including phenoxy) is 1. The number of thioether (sulfide) groups is 1. The van der Waals surface area contributed by atoms with Gasteiger partial charge in [-0.2, -0.15) is 5.26 Å². The van der Waals surface area contributed by atoms with E-state index in [1.54, 1.807) is 23.9 Å². The molecule has 0 radical (unpaired) electrons. The monoisotopic (exact) mass is 456 g/mol. The summed E-state index contributed by atoms with van der Waals surface area (Å²) >= 11 is 1.61.